The van der Waals surface area contributed by atoms with Crippen molar-refractivity contribution in [3.8, 4) is 0 Å². The summed E-state index contributed by atoms with van der Waals surface area (Å²) in [6.45, 7) is 2.66. The van der Waals surface area contributed by atoms with Crippen molar-refractivity contribution in [2.45, 2.75) is 55.6 Å². The van der Waals surface area contributed by atoms with E-state index in [9.17, 15) is 4.79 Å². The van der Waals surface area contributed by atoms with Crippen molar-refractivity contribution in [3.63, 3.8) is 0 Å². The summed E-state index contributed by atoms with van der Waals surface area (Å²) in [5, 5.41) is 13.6. The number of aryl methyl sites for hydroxylation is 2. The van der Waals surface area contributed by atoms with Crippen molar-refractivity contribution in [3.05, 3.63) is 41.7 Å². The van der Waals surface area contributed by atoms with Crippen LogP contribution in [0, 0.1) is 6.92 Å². The van der Waals surface area contributed by atoms with Gasteiger partial charge in [-0.1, -0.05) is 25.0 Å². The molecule has 1 aliphatic rings. The third-order valence-corrected chi connectivity index (χ3v) is 5.99. The maximum atomic E-state index is 12.2. The minimum absolute atomic E-state index is 0.136. The molecule has 134 valence electrons. The van der Waals surface area contributed by atoms with Gasteiger partial charge in [-0.15, -0.1) is 11.8 Å². The zero-order valence-electron chi connectivity index (χ0n) is 14.7. The standard InChI is InChI=1S/C19H26N4OS/c1-14-15(13-21-23-14)7-6-12-20-19(24)22-17-10-4-5-11-18(17)25-16-8-2-3-9-16/h4-5,10-11,13,16H,2-3,6-9,12H2,1H3,(H,21,23)(H2,20,22,24). The molecule has 0 unspecified atom stereocenters. The summed E-state index contributed by atoms with van der Waals surface area (Å²) in [7, 11) is 0. The minimum atomic E-state index is -0.136. The highest BCUT2D eigenvalue weighted by Gasteiger charge is 2.18. The SMILES string of the molecule is Cc1[nH]ncc1CCCNC(=O)Nc1ccccc1SC1CCCC1. The Morgan fingerprint density at radius 1 is 1.32 bits per heavy atom. The van der Waals surface area contributed by atoms with Gasteiger partial charge in [-0.3, -0.25) is 5.10 Å². The number of aromatic nitrogens is 2. The van der Waals surface area contributed by atoms with E-state index in [4.69, 9.17) is 0 Å². The Morgan fingerprint density at radius 2 is 2.12 bits per heavy atom. The molecule has 6 heteroatoms. The summed E-state index contributed by atoms with van der Waals surface area (Å²) in [6.07, 6.45) is 8.86. The van der Waals surface area contributed by atoms with E-state index in [-0.39, 0.29) is 6.03 Å². The van der Waals surface area contributed by atoms with Gasteiger partial charge in [0.05, 0.1) is 11.9 Å². The number of carbonyl (C=O) groups is 1. The molecule has 0 aliphatic heterocycles. The van der Waals surface area contributed by atoms with Crippen molar-refractivity contribution >= 4 is 23.5 Å². The molecule has 0 bridgehead atoms. The molecule has 0 atom stereocenters. The first-order valence-corrected chi connectivity index (χ1v) is 9.90. The van der Waals surface area contributed by atoms with Gasteiger partial charge in [-0.25, -0.2) is 4.79 Å². The molecular formula is C19H26N4OS. The molecule has 1 aromatic heterocycles. The molecule has 3 N–H and O–H groups in total. The summed E-state index contributed by atoms with van der Waals surface area (Å²) in [6, 6.07) is 7.94. The monoisotopic (exact) mass is 358 g/mol. The van der Waals surface area contributed by atoms with Gasteiger partial charge in [0.1, 0.15) is 0 Å². The van der Waals surface area contributed by atoms with E-state index in [1.54, 1.807) is 0 Å². The van der Waals surface area contributed by atoms with Gasteiger partial charge in [0.15, 0.2) is 0 Å². The number of rotatable bonds is 7. The number of nitrogens with one attached hydrogen (secondary N) is 3. The molecule has 5 nitrogen and oxygen atoms in total. The quantitative estimate of drug-likeness (QED) is 0.638. The van der Waals surface area contributed by atoms with E-state index < -0.39 is 0 Å². The smallest absolute Gasteiger partial charge is 0.319 e. The number of para-hydroxylation sites is 1. The van der Waals surface area contributed by atoms with E-state index in [1.165, 1.54) is 36.1 Å². The Morgan fingerprint density at radius 3 is 2.88 bits per heavy atom. The van der Waals surface area contributed by atoms with Gasteiger partial charge < -0.3 is 10.6 Å². The van der Waals surface area contributed by atoms with E-state index >= 15 is 0 Å². The third kappa shape index (κ3) is 5.26. The molecule has 0 radical (unpaired) electrons. The van der Waals surface area contributed by atoms with Crippen LogP contribution in [0.5, 0.6) is 0 Å². The topological polar surface area (TPSA) is 69.8 Å². The molecule has 0 spiro atoms. The number of thioether (sulfide) groups is 1. The molecule has 1 fully saturated rings. The maximum Gasteiger partial charge on any atom is 0.319 e. The zero-order chi connectivity index (χ0) is 17.5. The Kier molecular flexibility index (Phi) is 6.39. The van der Waals surface area contributed by atoms with Crippen molar-refractivity contribution in [2.24, 2.45) is 0 Å². The third-order valence-electron chi connectivity index (χ3n) is 4.57. The molecule has 0 saturated heterocycles. The second-order valence-corrected chi connectivity index (χ2v) is 7.87. The van der Waals surface area contributed by atoms with Gasteiger partial charge in [0, 0.05) is 22.4 Å². The molecule has 2 amide bonds. The Bertz CT molecular complexity index is 694. The van der Waals surface area contributed by atoms with Gasteiger partial charge in [-0.2, -0.15) is 5.10 Å². The number of carbonyl (C=O) groups excluding carboxylic acids is 1. The molecule has 2 aromatic rings. The molecule has 1 aromatic carbocycles. The van der Waals surface area contributed by atoms with Crippen molar-refractivity contribution < 1.29 is 4.79 Å². The van der Waals surface area contributed by atoms with Crippen LogP contribution < -0.4 is 10.6 Å². The number of anilines is 1. The second kappa shape index (κ2) is 8.94. The molecular weight excluding hydrogens is 332 g/mol. The Labute approximate surface area is 153 Å². The molecule has 1 saturated carbocycles. The molecule has 1 heterocycles. The number of hydrogen-bond donors (Lipinski definition) is 3. The summed E-state index contributed by atoms with van der Waals surface area (Å²) >= 11 is 1.90. The van der Waals surface area contributed by atoms with E-state index in [0.717, 1.165) is 24.2 Å². The van der Waals surface area contributed by atoms with Gasteiger partial charge in [-0.05, 0) is 50.3 Å². The largest absolute Gasteiger partial charge is 0.338 e. The van der Waals surface area contributed by atoms with Crippen LogP contribution in [0.1, 0.15) is 43.4 Å². The Hall–Kier alpha value is -1.95. The molecule has 25 heavy (non-hydrogen) atoms. The van der Waals surface area contributed by atoms with Crippen LogP contribution in [-0.4, -0.2) is 28.0 Å². The number of urea groups is 1. The summed E-state index contributed by atoms with van der Waals surface area (Å²) < 4.78 is 0. The normalized spacial score (nSPS) is 14.6. The summed E-state index contributed by atoms with van der Waals surface area (Å²) in [5.41, 5.74) is 3.21. The lowest BCUT2D eigenvalue weighted by atomic mass is 10.1. The van der Waals surface area contributed by atoms with E-state index in [2.05, 4.69) is 26.9 Å². The predicted octanol–water partition coefficient (Wildman–Crippen LogP) is 4.51. The zero-order valence-corrected chi connectivity index (χ0v) is 15.5. The first-order chi connectivity index (χ1) is 12.2. The number of amides is 2. The molecule has 1 aliphatic carbocycles. The van der Waals surface area contributed by atoms with Gasteiger partial charge in [0.2, 0.25) is 0 Å². The number of aromatic amines is 1. The van der Waals surface area contributed by atoms with Crippen LogP contribution in [0.15, 0.2) is 35.4 Å². The van der Waals surface area contributed by atoms with Crippen LogP contribution in [0.2, 0.25) is 0 Å². The van der Waals surface area contributed by atoms with Crippen LogP contribution >= 0.6 is 11.8 Å². The van der Waals surface area contributed by atoms with Crippen molar-refractivity contribution in [1.29, 1.82) is 0 Å². The van der Waals surface area contributed by atoms with Crippen molar-refractivity contribution in [1.82, 2.24) is 15.5 Å². The second-order valence-electron chi connectivity index (χ2n) is 6.53. The van der Waals surface area contributed by atoms with Gasteiger partial charge in [0.25, 0.3) is 0 Å². The number of benzene rings is 1. The minimum Gasteiger partial charge on any atom is -0.338 e. The lowest BCUT2D eigenvalue weighted by Crippen LogP contribution is -2.30. The van der Waals surface area contributed by atoms with Crippen LogP contribution in [0.4, 0.5) is 10.5 Å². The van der Waals surface area contributed by atoms with E-state index in [0.29, 0.717) is 11.8 Å². The van der Waals surface area contributed by atoms with Gasteiger partial charge >= 0.3 is 6.03 Å². The lowest BCUT2D eigenvalue weighted by Gasteiger charge is -2.14. The fourth-order valence-electron chi connectivity index (χ4n) is 3.13. The first-order valence-electron chi connectivity index (χ1n) is 9.02. The number of hydrogen-bond acceptors (Lipinski definition) is 3. The number of nitrogens with zero attached hydrogens (tertiary/aromatic N) is 1. The average Bonchev–Trinajstić information content (AvgIpc) is 3.25. The number of H-pyrrole nitrogens is 1. The highest BCUT2D eigenvalue weighted by atomic mass is 32.2. The lowest BCUT2D eigenvalue weighted by molar-refractivity contribution is 0.252. The van der Waals surface area contributed by atoms with Crippen LogP contribution in [0.25, 0.3) is 0 Å². The summed E-state index contributed by atoms with van der Waals surface area (Å²) in [5.74, 6) is 0. The Balaban J connectivity index is 1.45. The maximum absolute atomic E-state index is 12.2. The molecule has 3 rings (SSSR count). The van der Waals surface area contributed by atoms with Crippen LogP contribution in [0.3, 0.4) is 0 Å². The summed E-state index contributed by atoms with van der Waals surface area (Å²) in [4.78, 5) is 13.3. The highest BCUT2D eigenvalue weighted by molar-refractivity contribution is 8.00. The van der Waals surface area contributed by atoms with E-state index in [1.807, 2.05) is 43.1 Å². The first kappa shape index (κ1) is 17.9. The fourth-order valence-corrected chi connectivity index (χ4v) is 4.46. The fraction of sp³-hybridized carbons (Fsp3) is 0.474. The highest BCUT2D eigenvalue weighted by Crippen LogP contribution is 2.37. The van der Waals surface area contributed by atoms with Crippen LogP contribution in [-0.2, 0) is 6.42 Å². The average molecular weight is 359 g/mol. The predicted molar refractivity (Wildman–Crippen MR) is 103 cm³/mol. The van der Waals surface area contributed by atoms with Crippen molar-refractivity contribution in [2.75, 3.05) is 11.9 Å².